The number of hydrogen-bond donors (Lipinski definition) is 1. The fraction of sp³-hybridized carbons (Fsp3) is 0.941. The summed E-state index contributed by atoms with van der Waals surface area (Å²) in [5, 5.41) is 9.49. The van der Waals surface area contributed by atoms with Crippen LogP contribution in [0.15, 0.2) is 0 Å². The van der Waals surface area contributed by atoms with Crippen LogP contribution in [0.3, 0.4) is 0 Å². The first-order valence-electron chi connectivity index (χ1n) is 16.8. The van der Waals surface area contributed by atoms with Gasteiger partial charge in [-0.1, -0.05) is 150 Å². The zero-order valence-corrected chi connectivity index (χ0v) is 26.5. The van der Waals surface area contributed by atoms with Gasteiger partial charge in [-0.3, -0.25) is 9.59 Å². The zero-order chi connectivity index (χ0) is 29.0. The SMILES string of the molecule is CC(C)CCCCCCCCCCCCCC(=O)O[C@@H](CO)COC(=O)CCCCCCCCCCC(C)C. The highest BCUT2D eigenvalue weighted by molar-refractivity contribution is 5.70. The molecular weight excluding hydrogens is 488 g/mol. The molecule has 0 rings (SSSR count). The normalized spacial score (nSPS) is 12.3. The van der Waals surface area contributed by atoms with Gasteiger partial charge in [0.15, 0.2) is 6.10 Å². The van der Waals surface area contributed by atoms with Crippen molar-refractivity contribution in [2.24, 2.45) is 11.8 Å². The Labute approximate surface area is 242 Å². The number of aliphatic hydroxyl groups is 1. The Morgan fingerprint density at radius 2 is 0.846 bits per heavy atom. The fourth-order valence-corrected chi connectivity index (χ4v) is 4.92. The molecule has 1 N–H and O–H groups in total. The lowest BCUT2D eigenvalue weighted by atomic mass is 10.0. The monoisotopic (exact) mass is 554 g/mol. The van der Waals surface area contributed by atoms with Gasteiger partial charge in [0, 0.05) is 12.8 Å². The summed E-state index contributed by atoms with van der Waals surface area (Å²) in [7, 11) is 0. The van der Waals surface area contributed by atoms with Crippen LogP contribution in [-0.2, 0) is 19.1 Å². The summed E-state index contributed by atoms with van der Waals surface area (Å²) in [6.07, 6.45) is 25.9. The number of esters is 2. The smallest absolute Gasteiger partial charge is 0.306 e. The van der Waals surface area contributed by atoms with Crippen molar-refractivity contribution in [2.45, 2.75) is 181 Å². The molecular formula is C34H66O5. The van der Waals surface area contributed by atoms with E-state index in [9.17, 15) is 14.7 Å². The average Bonchev–Trinajstić information content (AvgIpc) is 2.89. The summed E-state index contributed by atoms with van der Waals surface area (Å²) in [4.78, 5) is 24.1. The van der Waals surface area contributed by atoms with Crippen LogP contribution in [0.25, 0.3) is 0 Å². The molecule has 0 aromatic rings. The minimum atomic E-state index is -0.762. The molecule has 0 saturated heterocycles. The van der Waals surface area contributed by atoms with Gasteiger partial charge in [0.1, 0.15) is 6.61 Å². The van der Waals surface area contributed by atoms with E-state index in [2.05, 4.69) is 27.7 Å². The number of ether oxygens (including phenoxy) is 2. The van der Waals surface area contributed by atoms with Crippen molar-refractivity contribution in [3.8, 4) is 0 Å². The summed E-state index contributed by atoms with van der Waals surface area (Å²) in [6, 6.07) is 0. The molecule has 0 aliphatic carbocycles. The Morgan fingerprint density at radius 3 is 1.21 bits per heavy atom. The van der Waals surface area contributed by atoms with Crippen LogP contribution in [0.5, 0.6) is 0 Å². The summed E-state index contributed by atoms with van der Waals surface area (Å²) in [5.74, 6) is 1.06. The molecule has 0 radical (unpaired) electrons. The van der Waals surface area contributed by atoms with E-state index >= 15 is 0 Å². The van der Waals surface area contributed by atoms with Gasteiger partial charge in [0.05, 0.1) is 6.61 Å². The molecule has 0 amide bonds. The standard InChI is InChI=1S/C34H66O5/c1-30(2)24-20-16-12-8-6-5-7-9-15-19-23-27-34(37)39-32(28-35)29-38-33(36)26-22-18-14-11-10-13-17-21-25-31(3)4/h30-32,35H,5-29H2,1-4H3/t32-/m0/s1. The largest absolute Gasteiger partial charge is 0.462 e. The number of carbonyl (C=O) groups excluding carboxylic acids is 2. The second kappa shape index (κ2) is 28.4. The lowest BCUT2D eigenvalue weighted by Gasteiger charge is -2.15. The Bertz CT molecular complexity index is 546. The highest BCUT2D eigenvalue weighted by Crippen LogP contribution is 2.15. The van der Waals surface area contributed by atoms with Crippen molar-refractivity contribution >= 4 is 11.9 Å². The van der Waals surface area contributed by atoms with Crippen LogP contribution in [0.2, 0.25) is 0 Å². The quantitative estimate of drug-likeness (QED) is 0.0736. The van der Waals surface area contributed by atoms with Crippen LogP contribution >= 0.6 is 0 Å². The maximum absolute atomic E-state index is 12.1. The van der Waals surface area contributed by atoms with Gasteiger partial charge in [0.2, 0.25) is 0 Å². The molecule has 0 spiro atoms. The highest BCUT2D eigenvalue weighted by Gasteiger charge is 2.16. The number of unbranched alkanes of at least 4 members (excludes halogenated alkanes) is 17. The molecule has 0 unspecified atom stereocenters. The molecule has 5 heteroatoms. The van der Waals surface area contributed by atoms with E-state index in [0.29, 0.717) is 12.8 Å². The van der Waals surface area contributed by atoms with Gasteiger partial charge in [-0.05, 0) is 24.7 Å². The molecule has 0 aliphatic rings. The Balaban J connectivity index is 3.56. The molecule has 0 fully saturated rings. The number of carbonyl (C=O) groups is 2. The summed E-state index contributed by atoms with van der Waals surface area (Å²) in [5.41, 5.74) is 0. The lowest BCUT2D eigenvalue weighted by molar-refractivity contribution is -0.161. The van der Waals surface area contributed by atoms with Crippen molar-refractivity contribution in [3.05, 3.63) is 0 Å². The van der Waals surface area contributed by atoms with Gasteiger partial charge < -0.3 is 14.6 Å². The number of rotatable bonds is 29. The van der Waals surface area contributed by atoms with E-state index in [4.69, 9.17) is 9.47 Å². The Hall–Kier alpha value is -1.10. The predicted molar refractivity (Wildman–Crippen MR) is 164 cm³/mol. The van der Waals surface area contributed by atoms with E-state index < -0.39 is 6.10 Å². The zero-order valence-electron chi connectivity index (χ0n) is 26.5. The fourth-order valence-electron chi connectivity index (χ4n) is 4.92. The second-order valence-electron chi connectivity index (χ2n) is 12.6. The van der Waals surface area contributed by atoms with Crippen LogP contribution in [-0.4, -0.2) is 36.4 Å². The maximum Gasteiger partial charge on any atom is 0.306 e. The summed E-state index contributed by atoms with van der Waals surface area (Å²) in [6.45, 7) is 8.78. The van der Waals surface area contributed by atoms with Crippen molar-refractivity contribution < 1.29 is 24.2 Å². The Morgan fingerprint density at radius 1 is 0.513 bits per heavy atom. The molecule has 0 aromatic heterocycles. The van der Waals surface area contributed by atoms with Crippen LogP contribution < -0.4 is 0 Å². The first-order chi connectivity index (χ1) is 18.8. The van der Waals surface area contributed by atoms with E-state index in [1.165, 1.54) is 96.3 Å². The van der Waals surface area contributed by atoms with E-state index in [0.717, 1.165) is 50.4 Å². The molecule has 0 aromatic carbocycles. The van der Waals surface area contributed by atoms with Gasteiger partial charge in [-0.15, -0.1) is 0 Å². The maximum atomic E-state index is 12.1. The van der Waals surface area contributed by atoms with E-state index in [1.54, 1.807) is 0 Å². The molecule has 5 nitrogen and oxygen atoms in total. The van der Waals surface area contributed by atoms with Gasteiger partial charge in [-0.2, -0.15) is 0 Å². The van der Waals surface area contributed by atoms with Crippen molar-refractivity contribution in [1.29, 1.82) is 0 Å². The minimum Gasteiger partial charge on any atom is -0.462 e. The van der Waals surface area contributed by atoms with E-state index in [1.807, 2.05) is 0 Å². The van der Waals surface area contributed by atoms with Gasteiger partial charge in [0.25, 0.3) is 0 Å². The first-order valence-corrected chi connectivity index (χ1v) is 16.8. The average molecular weight is 555 g/mol. The lowest BCUT2D eigenvalue weighted by Crippen LogP contribution is -2.28. The van der Waals surface area contributed by atoms with Crippen molar-refractivity contribution in [1.82, 2.24) is 0 Å². The van der Waals surface area contributed by atoms with Crippen molar-refractivity contribution in [3.63, 3.8) is 0 Å². The van der Waals surface area contributed by atoms with Gasteiger partial charge in [-0.25, -0.2) is 0 Å². The molecule has 0 heterocycles. The minimum absolute atomic E-state index is 0.0603. The van der Waals surface area contributed by atoms with Crippen molar-refractivity contribution in [2.75, 3.05) is 13.2 Å². The number of hydrogen-bond acceptors (Lipinski definition) is 5. The number of aliphatic hydroxyl groups excluding tert-OH is 1. The first kappa shape index (κ1) is 37.9. The molecule has 0 aliphatic heterocycles. The molecule has 0 saturated carbocycles. The van der Waals surface area contributed by atoms with E-state index in [-0.39, 0.29) is 25.2 Å². The van der Waals surface area contributed by atoms with Gasteiger partial charge >= 0.3 is 11.9 Å². The molecule has 1 atom stereocenters. The second-order valence-corrected chi connectivity index (χ2v) is 12.6. The third-order valence-electron chi connectivity index (χ3n) is 7.51. The molecule has 39 heavy (non-hydrogen) atoms. The Kier molecular flexibility index (Phi) is 27.6. The third-order valence-corrected chi connectivity index (χ3v) is 7.51. The molecule has 232 valence electrons. The predicted octanol–water partition coefficient (Wildman–Crippen LogP) is 9.72. The third kappa shape index (κ3) is 29.7. The van der Waals surface area contributed by atoms with Crippen LogP contribution in [0, 0.1) is 11.8 Å². The van der Waals surface area contributed by atoms with Crippen LogP contribution in [0.1, 0.15) is 175 Å². The topological polar surface area (TPSA) is 72.8 Å². The van der Waals surface area contributed by atoms with Crippen LogP contribution in [0.4, 0.5) is 0 Å². The highest BCUT2D eigenvalue weighted by atomic mass is 16.6. The summed E-state index contributed by atoms with van der Waals surface area (Å²) >= 11 is 0. The summed E-state index contributed by atoms with van der Waals surface area (Å²) < 4.78 is 10.5. The molecule has 0 bridgehead atoms.